The average Bonchev–Trinajstić information content (AvgIpc) is 3.23. The van der Waals surface area contributed by atoms with Crippen molar-refractivity contribution in [1.29, 1.82) is 0 Å². The highest BCUT2D eigenvalue weighted by Gasteiger charge is 2.29. The molecule has 0 amide bonds. The fourth-order valence-electron chi connectivity index (χ4n) is 3.61. The predicted octanol–water partition coefficient (Wildman–Crippen LogP) is 3.97. The molecule has 7 heteroatoms. The van der Waals surface area contributed by atoms with E-state index in [2.05, 4.69) is 23.7 Å². The summed E-state index contributed by atoms with van der Waals surface area (Å²) >= 11 is 0. The Morgan fingerprint density at radius 2 is 1.63 bits per heavy atom. The molecule has 158 valence electrons. The van der Waals surface area contributed by atoms with E-state index in [0.717, 1.165) is 16.9 Å². The van der Waals surface area contributed by atoms with Crippen molar-refractivity contribution in [2.45, 2.75) is 31.2 Å². The van der Waals surface area contributed by atoms with Crippen molar-refractivity contribution in [3.63, 3.8) is 0 Å². The van der Waals surface area contributed by atoms with Gasteiger partial charge in [-0.1, -0.05) is 56.3 Å². The van der Waals surface area contributed by atoms with Crippen LogP contribution in [0.5, 0.6) is 0 Å². The Morgan fingerprint density at radius 1 is 0.967 bits per heavy atom. The van der Waals surface area contributed by atoms with Crippen molar-refractivity contribution in [1.82, 2.24) is 14.2 Å². The highest BCUT2D eigenvalue weighted by molar-refractivity contribution is 7.89. The summed E-state index contributed by atoms with van der Waals surface area (Å²) in [5.74, 6) is 1.77. The van der Waals surface area contributed by atoms with Crippen LogP contribution >= 0.6 is 0 Å². The van der Waals surface area contributed by atoms with Gasteiger partial charge in [-0.15, -0.1) is 0 Å². The number of rotatable bonds is 6. The normalized spacial score (nSPS) is 16.2. The van der Waals surface area contributed by atoms with E-state index in [1.165, 1.54) is 0 Å². The van der Waals surface area contributed by atoms with E-state index in [1.54, 1.807) is 22.6 Å². The molecule has 0 radical (unpaired) electrons. The van der Waals surface area contributed by atoms with Gasteiger partial charge >= 0.3 is 0 Å². The molecule has 1 saturated heterocycles. The van der Waals surface area contributed by atoms with E-state index < -0.39 is 10.0 Å². The fourth-order valence-corrected chi connectivity index (χ4v) is 5.03. The van der Waals surface area contributed by atoms with Crippen molar-refractivity contribution < 1.29 is 12.8 Å². The molecule has 0 unspecified atom stereocenters. The molecule has 0 saturated carbocycles. The lowest BCUT2D eigenvalue weighted by Gasteiger charge is -2.33. The molecule has 4 rings (SSSR count). The molecule has 1 aromatic heterocycles. The van der Waals surface area contributed by atoms with Gasteiger partial charge in [0.2, 0.25) is 15.9 Å². The topological polar surface area (TPSA) is 66.7 Å². The maximum Gasteiger partial charge on any atom is 0.243 e. The van der Waals surface area contributed by atoms with Crippen LogP contribution in [0.2, 0.25) is 0 Å². The van der Waals surface area contributed by atoms with Crippen molar-refractivity contribution in [2.24, 2.45) is 0 Å². The Morgan fingerprint density at radius 3 is 2.27 bits per heavy atom. The third kappa shape index (κ3) is 4.48. The Hall–Kier alpha value is -2.48. The molecular weight excluding hydrogens is 398 g/mol. The number of hydrogen-bond acceptors (Lipinski definition) is 5. The number of oxazole rings is 1. The van der Waals surface area contributed by atoms with E-state index in [0.29, 0.717) is 49.4 Å². The second-order valence-corrected chi connectivity index (χ2v) is 9.83. The first-order valence-electron chi connectivity index (χ1n) is 10.3. The largest absolute Gasteiger partial charge is 0.439 e. The molecule has 2 aromatic carbocycles. The highest BCUT2D eigenvalue weighted by atomic mass is 32.2. The predicted molar refractivity (Wildman–Crippen MR) is 117 cm³/mol. The quantitative estimate of drug-likeness (QED) is 0.598. The molecule has 1 aliphatic rings. The minimum absolute atomic E-state index is 0.362. The summed E-state index contributed by atoms with van der Waals surface area (Å²) in [6.45, 7) is 6.97. The van der Waals surface area contributed by atoms with Gasteiger partial charge in [-0.05, 0) is 23.6 Å². The number of hydrogen-bond donors (Lipinski definition) is 0. The molecule has 3 aromatic rings. The van der Waals surface area contributed by atoms with Gasteiger partial charge < -0.3 is 4.42 Å². The van der Waals surface area contributed by atoms with Crippen molar-refractivity contribution in [2.75, 3.05) is 26.2 Å². The van der Waals surface area contributed by atoms with Crippen LogP contribution < -0.4 is 0 Å². The summed E-state index contributed by atoms with van der Waals surface area (Å²) in [5.41, 5.74) is 2.13. The number of aromatic nitrogens is 1. The first kappa shape index (κ1) is 20.8. The van der Waals surface area contributed by atoms with Crippen LogP contribution in [-0.4, -0.2) is 48.8 Å². The van der Waals surface area contributed by atoms with Crippen molar-refractivity contribution >= 4 is 10.0 Å². The summed E-state index contributed by atoms with van der Waals surface area (Å²) in [6.07, 6.45) is 1.74. The fraction of sp³-hybridized carbons (Fsp3) is 0.348. The molecule has 1 aliphatic heterocycles. The van der Waals surface area contributed by atoms with Gasteiger partial charge in [-0.3, -0.25) is 4.90 Å². The monoisotopic (exact) mass is 425 g/mol. The number of piperazine rings is 1. The lowest BCUT2D eigenvalue weighted by Crippen LogP contribution is -2.48. The molecule has 0 N–H and O–H groups in total. The number of sulfonamides is 1. The maximum atomic E-state index is 13.0. The lowest BCUT2D eigenvalue weighted by molar-refractivity contribution is 0.168. The molecule has 0 atom stereocenters. The van der Waals surface area contributed by atoms with Crippen LogP contribution in [0.3, 0.4) is 0 Å². The van der Waals surface area contributed by atoms with Gasteiger partial charge in [-0.25, -0.2) is 13.4 Å². The van der Waals surface area contributed by atoms with Crippen LogP contribution in [0.1, 0.15) is 31.2 Å². The maximum absolute atomic E-state index is 13.0. The molecule has 2 heterocycles. The van der Waals surface area contributed by atoms with E-state index in [1.807, 2.05) is 42.5 Å². The zero-order chi connectivity index (χ0) is 21.1. The summed E-state index contributed by atoms with van der Waals surface area (Å²) in [7, 11) is -3.47. The molecule has 30 heavy (non-hydrogen) atoms. The highest BCUT2D eigenvalue weighted by Crippen LogP contribution is 2.23. The van der Waals surface area contributed by atoms with E-state index in [-0.39, 0.29) is 0 Å². The molecule has 6 nitrogen and oxygen atoms in total. The van der Waals surface area contributed by atoms with Gasteiger partial charge in [0.05, 0.1) is 17.6 Å². The Kier molecular flexibility index (Phi) is 6.04. The summed E-state index contributed by atoms with van der Waals surface area (Å²) in [5, 5.41) is 0. The van der Waals surface area contributed by atoms with E-state index in [4.69, 9.17) is 4.42 Å². The summed E-state index contributed by atoms with van der Waals surface area (Å²) < 4.78 is 33.4. The average molecular weight is 426 g/mol. The van der Waals surface area contributed by atoms with Crippen molar-refractivity contribution in [3.05, 3.63) is 72.2 Å². The van der Waals surface area contributed by atoms with Crippen LogP contribution in [0.25, 0.3) is 11.3 Å². The summed E-state index contributed by atoms with van der Waals surface area (Å²) in [4.78, 5) is 6.92. The van der Waals surface area contributed by atoms with Crippen LogP contribution in [0.15, 0.2) is 70.1 Å². The zero-order valence-electron chi connectivity index (χ0n) is 17.4. The summed E-state index contributed by atoms with van der Waals surface area (Å²) in [6, 6.07) is 17.1. The minimum atomic E-state index is -3.47. The van der Waals surface area contributed by atoms with Gasteiger partial charge in [-0.2, -0.15) is 4.31 Å². The van der Waals surface area contributed by atoms with Crippen LogP contribution in [0.4, 0.5) is 0 Å². The third-order valence-corrected chi connectivity index (χ3v) is 7.40. The Labute approximate surface area is 178 Å². The SMILES string of the molecule is CC(C)c1ccc(S(=O)(=O)N2CCN(Cc3ncc(-c4ccccc4)o3)CC2)cc1. The van der Waals surface area contributed by atoms with Gasteiger partial charge in [0.1, 0.15) is 0 Å². The standard InChI is InChI=1S/C23H27N3O3S/c1-18(2)19-8-10-21(11-9-19)30(27,28)26-14-12-25(13-15-26)17-23-24-16-22(29-23)20-6-4-3-5-7-20/h3-11,16,18H,12-15,17H2,1-2H3. The minimum Gasteiger partial charge on any atom is -0.439 e. The van der Waals surface area contributed by atoms with Gasteiger partial charge in [0, 0.05) is 31.7 Å². The van der Waals surface area contributed by atoms with E-state index in [9.17, 15) is 8.42 Å². The zero-order valence-corrected chi connectivity index (χ0v) is 18.2. The van der Waals surface area contributed by atoms with Gasteiger partial charge in [0.25, 0.3) is 0 Å². The first-order valence-corrected chi connectivity index (χ1v) is 11.7. The molecule has 1 fully saturated rings. The van der Waals surface area contributed by atoms with E-state index >= 15 is 0 Å². The Balaban J connectivity index is 1.36. The molecule has 0 bridgehead atoms. The lowest BCUT2D eigenvalue weighted by atomic mass is 10.0. The van der Waals surface area contributed by atoms with Crippen LogP contribution in [-0.2, 0) is 16.6 Å². The molecular formula is C23H27N3O3S. The molecule has 0 spiro atoms. The Bertz CT molecular complexity index is 1070. The number of benzene rings is 2. The van der Waals surface area contributed by atoms with Gasteiger partial charge in [0.15, 0.2) is 5.76 Å². The number of nitrogens with zero attached hydrogens (tertiary/aromatic N) is 3. The smallest absolute Gasteiger partial charge is 0.243 e. The molecule has 0 aliphatic carbocycles. The third-order valence-electron chi connectivity index (χ3n) is 5.49. The van der Waals surface area contributed by atoms with Crippen LogP contribution in [0, 0.1) is 0 Å². The second kappa shape index (κ2) is 8.71. The first-order chi connectivity index (χ1) is 14.4. The second-order valence-electron chi connectivity index (χ2n) is 7.89. The van der Waals surface area contributed by atoms with Crippen molar-refractivity contribution in [3.8, 4) is 11.3 Å².